The fraction of sp³-hybridized carbons (Fsp3) is 0.100. The van der Waals surface area contributed by atoms with Crippen molar-refractivity contribution in [2.75, 3.05) is 0 Å². The van der Waals surface area contributed by atoms with Gasteiger partial charge >= 0.3 is 0 Å². The first-order valence-electron chi connectivity index (χ1n) is 7.59. The molecule has 0 amide bonds. The maximum absolute atomic E-state index is 12.5. The number of hydrogen-bond donors (Lipinski definition) is 1. The van der Waals surface area contributed by atoms with Crippen LogP contribution in [0.5, 0.6) is 0 Å². The number of Topliss-reactive ketones (excluding diaryl/α,β-unsaturated/α-hetero) is 1. The molecule has 0 fully saturated rings. The summed E-state index contributed by atoms with van der Waals surface area (Å²) in [5.41, 5.74) is 10.2. The normalized spacial score (nSPS) is 10.5. The molecule has 0 saturated carbocycles. The van der Waals surface area contributed by atoms with Crippen LogP contribution < -0.4 is 5.73 Å². The quantitative estimate of drug-likeness (QED) is 0.732. The van der Waals surface area contributed by atoms with Crippen molar-refractivity contribution in [1.29, 1.82) is 0 Å². The van der Waals surface area contributed by atoms with E-state index in [-0.39, 0.29) is 5.78 Å². The lowest BCUT2D eigenvalue weighted by Gasteiger charge is -2.06. The minimum atomic E-state index is 0.105. The zero-order chi connectivity index (χ0) is 16.1. The molecule has 0 bridgehead atoms. The Labute approximate surface area is 135 Å². The summed E-state index contributed by atoms with van der Waals surface area (Å²) in [5, 5.41) is 0. The van der Waals surface area contributed by atoms with Crippen LogP contribution >= 0.6 is 0 Å². The van der Waals surface area contributed by atoms with Gasteiger partial charge in [0, 0.05) is 30.3 Å². The van der Waals surface area contributed by atoms with Crippen LogP contribution in [0, 0.1) is 0 Å². The third-order valence-electron chi connectivity index (χ3n) is 3.75. The van der Waals surface area contributed by atoms with Crippen molar-refractivity contribution in [2.45, 2.75) is 13.0 Å². The zero-order valence-electron chi connectivity index (χ0n) is 12.8. The van der Waals surface area contributed by atoms with Crippen molar-refractivity contribution in [2.24, 2.45) is 5.73 Å². The van der Waals surface area contributed by atoms with Gasteiger partial charge in [-0.1, -0.05) is 48.5 Å². The van der Waals surface area contributed by atoms with Gasteiger partial charge in [0.25, 0.3) is 0 Å². The van der Waals surface area contributed by atoms with E-state index in [2.05, 4.69) is 4.98 Å². The standard InChI is InChI=1S/C20H18N2O/c21-14-16-9-10-22-19(11-16)17-7-4-8-18(13-17)20(23)12-15-5-2-1-3-6-15/h1-11,13H,12,14,21H2. The summed E-state index contributed by atoms with van der Waals surface area (Å²) >= 11 is 0. The second-order valence-corrected chi connectivity index (χ2v) is 5.42. The van der Waals surface area contributed by atoms with Gasteiger partial charge in [-0.25, -0.2) is 0 Å². The molecule has 1 aromatic heterocycles. The first-order chi connectivity index (χ1) is 11.3. The predicted molar refractivity (Wildman–Crippen MR) is 92.0 cm³/mol. The number of nitrogens with zero attached hydrogens (tertiary/aromatic N) is 1. The number of carbonyl (C=O) groups is 1. The largest absolute Gasteiger partial charge is 0.326 e. The molecule has 0 unspecified atom stereocenters. The van der Waals surface area contributed by atoms with Crippen LogP contribution in [0.25, 0.3) is 11.3 Å². The fourth-order valence-electron chi connectivity index (χ4n) is 2.49. The Kier molecular flexibility index (Phi) is 4.60. The number of ketones is 1. The van der Waals surface area contributed by atoms with Gasteiger partial charge in [-0.3, -0.25) is 9.78 Å². The molecule has 3 heteroatoms. The van der Waals surface area contributed by atoms with Crippen LogP contribution in [0.1, 0.15) is 21.5 Å². The third kappa shape index (κ3) is 3.71. The molecular formula is C20H18N2O. The monoisotopic (exact) mass is 302 g/mol. The molecule has 2 N–H and O–H groups in total. The van der Waals surface area contributed by atoms with Crippen LogP contribution in [0.4, 0.5) is 0 Å². The van der Waals surface area contributed by atoms with E-state index < -0.39 is 0 Å². The molecule has 0 saturated heterocycles. The second kappa shape index (κ2) is 6.99. The summed E-state index contributed by atoms with van der Waals surface area (Å²) < 4.78 is 0. The van der Waals surface area contributed by atoms with Gasteiger partial charge in [0.2, 0.25) is 0 Å². The summed E-state index contributed by atoms with van der Waals surface area (Å²) in [7, 11) is 0. The van der Waals surface area contributed by atoms with Gasteiger partial charge in [0.15, 0.2) is 5.78 Å². The maximum atomic E-state index is 12.5. The molecule has 0 aliphatic rings. The van der Waals surface area contributed by atoms with Crippen molar-refractivity contribution >= 4 is 5.78 Å². The minimum absolute atomic E-state index is 0.105. The molecule has 3 nitrogen and oxygen atoms in total. The molecule has 3 aromatic rings. The highest BCUT2D eigenvalue weighted by Gasteiger charge is 2.09. The lowest BCUT2D eigenvalue weighted by atomic mass is 10.00. The van der Waals surface area contributed by atoms with Gasteiger partial charge in [-0.2, -0.15) is 0 Å². The van der Waals surface area contributed by atoms with Crippen molar-refractivity contribution in [1.82, 2.24) is 4.98 Å². The third-order valence-corrected chi connectivity index (χ3v) is 3.75. The molecular weight excluding hydrogens is 284 g/mol. The van der Waals surface area contributed by atoms with Crippen LogP contribution in [-0.4, -0.2) is 10.8 Å². The number of carbonyl (C=O) groups excluding carboxylic acids is 1. The van der Waals surface area contributed by atoms with E-state index in [9.17, 15) is 4.79 Å². The molecule has 23 heavy (non-hydrogen) atoms. The van der Waals surface area contributed by atoms with E-state index >= 15 is 0 Å². The molecule has 0 aliphatic carbocycles. The molecule has 3 rings (SSSR count). The van der Waals surface area contributed by atoms with E-state index in [4.69, 9.17) is 5.73 Å². The highest BCUT2D eigenvalue weighted by molar-refractivity contribution is 5.98. The number of aromatic nitrogens is 1. The summed E-state index contributed by atoms with van der Waals surface area (Å²) in [5.74, 6) is 0.105. The van der Waals surface area contributed by atoms with E-state index in [0.29, 0.717) is 18.5 Å². The molecule has 0 aliphatic heterocycles. The van der Waals surface area contributed by atoms with Crippen molar-refractivity contribution < 1.29 is 4.79 Å². The first kappa shape index (κ1) is 15.1. The predicted octanol–water partition coefficient (Wildman–Crippen LogP) is 3.63. The number of benzene rings is 2. The number of nitrogens with two attached hydrogens (primary N) is 1. The Hall–Kier alpha value is -2.78. The van der Waals surface area contributed by atoms with Gasteiger partial charge < -0.3 is 5.73 Å². The maximum Gasteiger partial charge on any atom is 0.167 e. The molecule has 2 aromatic carbocycles. The van der Waals surface area contributed by atoms with Crippen LogP contribution in [0.15, 0.2) is 72.9 Å². The first-order valence-corrected chi connectivity index (χ1v) is 7.59. The summed E-state index contributed by atoms with van der Waals surface area (Å²) in [6.45, 7) is 0.474. The molecule has 0 spiro atoms. The smallest absolute Gasteiger partial charge is 0.167 e. The fourth-order valence-corrected chi connectivity index (χ4v) is 2.49. The Balaban J connectivity index is 1.86. The zero-order valence-corrected chi connectivity index (χ0v) is 12.8. The summed E-state index contributed by atoms with van der Waals surface area (Å²) in [6.07, 6.45) is 2.15. The average molecular weight is 302 g/mol. The average Bonchev–Trinajstić information content (AvgIpc) is 2.63. The Bertz CT molecular complexity index is 813. The number of rotatable bonds is 5. The van der Waals surface area contributed by atoms with E-state index in [0.717, 1.165) is 22.4 Å². The molecule has 0 atom stereocenters. The summed E-state index contributed by atoms with van der Waals surface area (Å²) in [6, 6.07) is 21.2. The van der Waals surface area contributed by atoms with Crippen molar-refractivity contribution in [3.63, 3.8) is 0 Å². The van der Waals surface area contributed by atoms with Crippen LogP contribution in [0.3, 0.4) is 0 Å². The number of pyridine rings is 1. The topological polar surface area (TPSA) is 56.0 Å². The second-order valence-electron chi connectivity index (χ2n) is 5.42. The SMILES string of the molecule is NCc1ccnc(-c2cccc(C(=O)Cc3ccccc3)c2)c1. The lowest BCUT2D eigenvalue weighted by molar-refractivity contribution is 0.0993. The molecule has 1 heterocycles. The van der Waals surface area contributed by atoms with Gasteiger partial charge in [-0.05, 0) is 29.3 Å². The van der Waals surface area contributed by atoms with Gasteiger partial charge in [0.05, 0.1) is 5.69 Å². The van der Waals surface area contributed by atoms with Crippen molar-refractivity contribution in [3.05, 3.63) is 89.6 Å². The van der Waals surface area contributed by atoms with Gasteiger partial charge in [0.1, 0.15) is 0 Å². The van der Waals surface area contributed by atoms with E-state index in [1.165, 1.54) is 0 Å². The molecule has 0 radical (unpaired) electrons. The van der Waals surface area contributed by atoms with Gasteiger partial charge in [-0.15, -0.1) is 0 Å². The summed E-state index contributed by atoms with van der Waals surface area (Å²) in [4.78, 5) is 16.9. The highest BCUT2D eigenvalue weighted by atomic mass is 16.1. The minimum Gasteiger partial charge on any atom is -0.326 e. The Morgan fingerprint density at radius 3 is 2.52 bits per heavy atom. The Morgan fingerprint density at radius 1 is 0.913 bits per heavy atom. The van der Waals surface area contributed by atoms with E-state index in [1.54, 1.807) is 6.20 Å². The van der Waals surface area contributed by atoms with Crippen LogP contribution in [0.2, 0.25) is 0 Å². The van der Waals surface area contributed by atoms with Crippen molar-refractivity contribution in [3.8, 4) is 11.3 Å². The molecule has 114 valence electrons. The van der Waals surface area contributed by atoms with Crippen LogP contribution in [-0.2, 0) is 13.0 Å². The highest BCUT2D eigenvalue weighted by Crippen LogP contribution is 2.20. The van der Waals surface area contributed by atoms with E-state index in [1.807, 2.05) is 66.7 Å². The lowest BCUT2D eigenvalue weighted by Crippen LogP contribution is -2.03. The number of hydrogen-bond acceptors (Lipinski definition) is 3. The Morgan fingerprint density at radius 2 is 1.74 bits per heavy atom.